The minimum Gasteiger partial charge on any atom is -0.324 e. The van der Waals surface area contributed by atoms with E-state index in [1.165, 1.54) is 19.1 Å². The summed E-state index contributed by atoms with van der Waals surface area (Å²) in [5.74, 6) is -2.19. The molecule has 0 spiro atoms. The van der Waals surface area contributed by atoms with E-state index in [9.17, 15) is 30.8 Å². The van der Waals surface area contributed by atoms with Gasteiger partial charge in [-0.1, -0.05) is 36.7 Å². The highest BCUT2D eigenvalue weighted by molar-refractivity contribution is 7.89. The average molecular weight is 439 g/mol. The first-order valence-electron chi connectivity index (χ1n) is 7.88. The largest absolute Gasteiger partial charge is 0.418 e. The number of nitrogens with zero attached hydrogens (tertiary/aromatic N) is 1. The Labute approximate surface area is 164 Å². The molecular formula is C17H15ClF4N2O3S. The third kappa shape index (κ3) is 4.81. The van der Waals surface area contributed by atoms with Gasteiger partial charge < -0.3 is 5.32 Å². The van der Waals surface area contributed by atoms with Crippen LogP contribution in [-0.2, 0) is 21.0 Å². The maximum Gasteiger partial charge on any atom is 0.418 e. The highest BCUT2D eigenvalue weighted by atomic mass is 35.5. The number of hydrogen-bond acceptors (Lipinski definition) is 3. The van der Waals surface area contributed by atoms with Gasteiger partial charge in [-0.3, -0.25) is 4.79 Å². The summed E-state index contributed by atoms with van der Waals surface area (Å²) in [5, 5.41) is 1.63. The highest BCUT2D eigenvalue weighted by Crippen LogP contribution is 2.34. The molecule has 2 aromatic carbocycles. The van der Waals surface area contributed by atoms with Gasteiger partial charge in [0.1, 0.15) is 4.90 Å². The lowest BCUT2D eigenvalue weighted by molar-refractivity contribution is -0.137. The van der Waals surface area contributed by atoms with Crippen LogP contribution < -0.4 is 5.32 Å². The number of hydrogen-bond donors (Lipinski definition) is 1. The molecule has 0 saturated heterocycles. The zero-order chi connectivity index (χ0) is 21.1. The molecule has 0 aliphatic carbocycles. The first kappa shape index (κ1) is 22.1. The van der Waals surface area contributed by atoms with Gasteiger partial charge in [0.05, 0.1) is 22.8 Å². The number of carbonyl (C=O) groups is 1. The second-order valence-corrected chi connectivity index (χ2v) is 7.89. The molecule has 0 aromatic heterocycles. The number of likely N-dealkylation sites (N-methyl/N-ethyl adjacent to an activating group) is 1. The fraction of sp³-hybridized carbons (Fsp3) is 0.235. The molecule has 28 heavy (non-hydrogen) atoms. The number of amides is 1. The maximum absolute atomic E-state index is 14.1. The molecule has 0 unspecified atom stereocenters. The molecule has 0 saturated carbocycles. The molecular weight excluding hydrogens is 424 g/mol. The second-order valence-electron chi connectivity index (χ2n) is 5.57. The highest BCUT2D eigenvalue weighted by Gasteiger charge is 2.34. The minimum atomic E-state index is -4.70. The van der Waals surface area contributed by atoms with Crippen LogP contribution in [0, 0.1) is 5.82 Å². The van der Waals surface area contributed by atoms with E-state index < -0.39 is 55.6 Å². The fourth-order valence-electron chi connectivity index (χ4n) is 2.38. The zero-order valence-electron chi connectivity index (χ0n) is 14.4. The van der Waals surface area contributed by atoms with Gasteiger partial charge in [0.2, 0.25) is 15.9 Å². The van der Waals surface area contributed by atoms with E-state index in [4.69, 9.17) is 11.6 Å². The summed E-state index contributed by atoms with van der Waals surface area (Å²) in [6.45, 7) is 0.372. The Morgan fingerprint density at radius 1 is 1.14 bits per heavy atom. The van der Waals surface area contributed by atoms with Crippen molar-refractivity contribution in [3.8, 4) is 0 Å². The lowest BCUT2D eigenvalue weighted by Crippen LogP contribution is -2.38. The Bertz CT molecular complexity index is 981. The topological polar surface area (TPSA) is 66.5 Å². The Kier molecular flexibility index (Phi) is 6.68. The molecule has 0 aliphatic heterocycles. The summed E-state index contributed by atoms with van der Waals surface area (Å²) in [6, 6.07) is 7.64. The number of anilines is 1. The van der Waals surface area contributed by atoms with Crippen molar-refractivity contribution in [2.45, 2.75) is 18.0 Å². The summed E-state index contributed by atoms with van der Waals surface area (Å²) in [7, 11) is -4.44. The van der Waals surface area contributed by atoms with Crippen molar-refractivity contribution in [1.29, 1.82) is 0 Å². The zero-order valence-corrected chi connectivity index (χ0v) is 16.0. The van der Waals surface area contributed by atoms with E-state index >= 15 is 0 Å². The predicted octanol–water partition coefficient (Wildman–Crippen LogP) is 4.15. The van der Waals surface area contributed by atoms with Gasteiger partial charge in [-0.05, 0) is 24.3 Å². The molecule has 0 aliphatic rings. The SMILES string of the molecule is CCN(CC(=O)Nc1ccccc1C(F)(F)F)S(=O)(=O)c1cccc(Cl)c1F. The number of benzene rings is 2. The number of halogens is 5. The van der Waals surface area contributed by atoms with Crippen LogP contribution in [0.15, 0.2) is 47.4 Å². The van der Waals surface area contributed by atoms with Gasteiger partial charge in [-0.25, -0.2) is 12.8 Å². The Hall–Kier alpha value is -2.17. The maximum atomic E-state index is 14.1. The molecule has 152 valence electrons. The molecule has 0 fully saturated rings. The molecule has 0 radical (unpaired) electrons. The van der Waals surface area contributed by atoms with Gasteiger partial charge in [0.15, 0.2) is 5.82 Å². The van der Waals surface area contributed by atoms with Crippen LogP contribution in [0.3, 0.4) is 0 Å². The van der Waals surface area contributed by atoms with Crippen molar-refractivity contribution in [2.24, 2.45) is 0 Å². The van der Waals surface area contributed by atoms with Crippen LogP contribution in [0.4, 0.5) is 23.2 Å². The standard InChI is InChI=1S/C17H15ClF4N2O3S/c1-2-24(28(26,27)14-9-5-7-12(18)16(14)19)10-15(25)23-13-8-4-3-6-11(13)17(20,21)22/h3-9H,2,10H2,1H3,(H,23,25). The summed E-state index contributed by atoms with van der Waals surface area (Å²) in [4.78, 5) is 11.5. The molecule has 0 atom stereocenters. The molecule has 11 heteroatoms. The van der Waals surface area contributed by atoms with E-state index in [0.717, 1.165) is 30.3 Å². The minimum absolute atomic E-state index is 0.220. The smallest absolute Gasteiger partial charge is 0.324 e. The lowest BCUT2D eigenvalue weighted by atomic mass is 10.1. The van der Waals surface area contributed by atoms with Crippen LogP contribution in [-0.4, -0.2) is 31.7 Å². The Morgan fingerprint density at radius 2 is 1.79 bits per heavy atom. The van der Waals surface area contributed by atoms with Crippen molar-refractivity contribution < 1.29 is 30.8 Å². The number of para-hydroxylation sites is 1. The average Bonchev–Trinajstić information content (AvgIpc) is 2.61. The van der Waals surface area contributed by atoms with Gasteiger partial charge >= 0.3 is 6.18 Å². The molecule has 0 heterocycles. The van der Waals surface area contributed by atoms with Crippen molar-refractivity contribution in [3.63, 3.8) is 0 Å². The predicted molar refractivity (Wildman–Crippen MR) is 95.9 cm³/mol. The van der Waals surface area contributed by atoms with Gasteiger partial charge in [0.25, 0.3) is 0 Å². The van der Waals surface area contributed by atoms with Crippen molar-refractivity contribution >= 4 is 33.2 Å². The number of alkyl halides is 3. The summed E-state index contributed by atoms with van der Waals surface area (Å²) in [6.07, 6.45) is -4.70. The number of sulfonamides is 1. The van der Waals surface area contributed by atoms with Gasteiger partial charge in [-0.2, -0.15) is 17.5 Å². The number of rotatable bonds is 6. The van der Waals surface area contributed by atoms with Crippen LogP contribution in [0.5, 0.6) is 0 Å². The summed E-state index contributed by atoms with van der Waals surface area (Å²) >= 11 is 5.60. The van der Waals surface area contributed by atoms with E-state index in [0.29, 0.717) is 4.31 Å². The Morgan fingerprint density at radius 3 is 2.39 bits per heavy atom. The van der Waals surface area contributed by atoms with Crippen LogP contribution in [0.25, 0.3) is 0 Å². The van der Waals surface area contributed by atoms with E-state index in [1.54, 1.807) is 0 Å². The number of nitrogens with one attached hydrogen (secondary N) is 1. The van der Waals surface area contributed by atoms with E-state index in [-0.39, 0.29) is 6.54 Å². The molecule has 1 amide bonds. The Balaban J connectivity index is 2.26. The van der Waals surface area contributed by atoms with E-state index in [2.05, 4.69) is 0 Å². The number of carbonyl (C=O) groups excluding carboxylic acids is 1. The van der Waals surface area contributed by atoms with Gasteiger partial charge in [-0.15, -0.1) is 0 Å². The van der Waals surface area contributed by atoms with E-state index in [1.807, 2.05) is 5.32 Å². The molecule has 1 N–H and O–H groups in total. The van der Waals surface area contributed by atoms with Crippen molar-refractivity contribution in [1.82, 2.24) is 4.31 Å². The molecule has 2 aromatic rings. The first-order valence-corrected chi connectivity index (χ1v) is 9.70. The molecule has 0 bridgehead atoms. The van der Waals surface area contributed by atoms with Gasteiger partial charge in [0, 0.05) is 6.54 Å². The summed E-state index contributed by atoms with van der Waals surface area (Å²) < 4.78 is 79.0. The van der Waals surface area contributed by atoms with Crippen LogP contribution in [0.2, 0.25) is 5.02 Å². The first-order chi connectivity index (χ1) is 13.0. The fourth-order valence-corrected chi connectivity index (χ4v) is 4.10. The molecule has 2 rings (SSSR count). The van der Waals surface area contributed by atoms with Crippen LogP contribution in [0.1, 0.15) is 12.5 Å². The quantitative estimate of drug-likeness (QED) is 0.689. The third-order valence-electron chi connectivity index (χ3n) is 3.71. The van der Waals surface area contributed by atoms with Crippen molar-refractivity contribution in [3.05, 3.63) is 58.9 Å². The second kappa shape index (κ2) is 8.46. The summed E-state index contributed by atoms with van der Waals surface area (Å²) in [5.41, 5.74) is -1.59. The normalized spacial score (nSPS) is 12.2. The lowest BCUT2D eigenvalue weighted by Gasteiger charge is -2.21. The monoisotopic (exact) mass is 438 g/mol. The van der Waals surface area contributed by atoms with Crippen LogP contribution >= 0.6 is 11.6 Å². The third-order valence-corrected chi connectivity index (χ3v) is 5.94. The molecule has 5 nitrogen and oxygen atoms in total. The van der Waals surface area contributed by atoms with Crippen molar-refractivity contribution in [2.75, 3.05) is 18.4 Å².